The van der Waals surface area contributed by atoms with Gasteiger partial charge in [0, 0.05) is 45.7 Å². The second kappa shape index (κ2) is 10.8. The van der Waals surface area contributed by atoms with Crippen LogP contribution in [0, 0.1) is 5.92 Å². The van der Waals surface area contributed by atoms with Crippen molar-refractivity contribution in [3.8, 4) is 0 Å². The minimum absolute atomic E-state index is 0.195. The molecule has 2 aliphatic heterocycles. The van der Waals surface area contributed by atoms with Crippen molar-refractivity contribution in [2.24, 2.45) is 10.9 Å². The Balaban J connectivity index is 1.54. The highest BCUT2D eigenvalue weighted by atomic mass is 16.5. The van der Waals surface area contributed by atoms with Crippen molar-refractivity contribution in [1.82, 2.24) is 30.3 Å². The van der Waals surface area contributed by atoms with Gasteiger partial charge < -0.3 is 19.9 Å². The number of hydrogen-bond acceptors (Lipinski definition) is 5. The molecule has 0 amide bonds. The zero-order valence-electron chi connectivity index (χ0n) is 17.8. The van der Waals surface area contributed by atoms with E-state index in [1.54, 1.807) is 0 Å². The third kappa shape index (κ3) is 6.17. The SMILES string of the molecule is CCNC(=NCc1nnc2n1CCCCC2)NCC1CN(CC(C)C)CCO1. The van der Waals surface area contributed by atoms with Gasteiger partial charge in [0.2, 0.25) is 0 Å². The molecule has 0 bridgehead atoms. The van der Waals surface area contributed by atoms with E-state index in [2.05, 4.69) is 51.1 Å². The van der Waals surface area contributed by atoms with Crippen molar-refractivity contribution in [3.63, 3.8) is 0 Å². The fourth-order valence-electron chi connectivity index (χ4n) is 3.95. The summed E-state index contributed by atoms with van der Waals surface area (Å²) in [6.07, 6.45) is 4.90. The molecule has 1 atom stereocenters. The fourth-order valence-corrected chi connectivity index (χ4v) is 3.95. The highest BCUT2D eigenvalue weighted by Gasteiger charge is 2.21. The van der Waals surface area contributed by atoms with Crippen LogP contribution in [0.25, 0.3) is 0 Å². The van der Waals surface area contributed by atoms with E-state index < -0.39 is 0 Å². The van der Waals surface area contributed by atoms with Crippen LogP contribution in [0.5, 0.6) is 0 Å². The maximum absolute atomic E-state index is 5.94. The van der Waals surface area contributed by atoms with Gasteiger partial charge in [-0.1, -0.05) is 20.3 Å². The van der Waals surface area contributed by atoms with E-state index in [-0.39, 0.29) is 6.10 Å². The molecule has 1 fully saturated rings. The molecule has 3 heterocycles. The number of aryl methyl sites for hydroxylation is 1. The van der Waals surface area contributed by atoms with Gasteiger partial charge in [0.05, 0.1) is 12.7 Å². The number of aliphatic imine (C=N–C) groups is 1. The Hall–Kier alpha value is -1.67. The summed E-state index contributed by atoms with van der Waals surface area (Å²) in [5.41, 5.74) is 0. The Kier molecular flexibility index (Phi) is 8.09. The lowest BCUT2D eigenvalue weighted by molar-refractivity contribution is -0.0284. The standard InChI is InChI=1S/C20H37N7O/c1-4-21-20(22-12-17-15-26(10-11-28-17)14-16(2)3)23-13-19-25-24-18-8-6-5-7-9-27(18)19/h16-17H,4-15H2,1-3H3,(H2,21,22,23). The summed E-state index contributed by atoms with van der Waals surface area (Å²) < 4.78 is 8.20. The number of fused-ring (bicyclic) bond motifs is 1. The lowest BCUT2D eigenvalue weighted by Gasteiger charge is -2.34. The van der Waals surface area contributed by atoms with E-state index in [0.717, 1.165) is 69.9 Å². The van der Waals surface area contributed by atoms with Gasteiger partial charge in [-0.2, -0.15) is 0 Å². The molecule has 1 aromatic rings. The van der Waals surface area contributed by atoms with Crippen LogP contribution in [0.3, 0.4) is 0 Å². The van der Waals surface area contributed by atoms with Crippen LogP contribution in [0.15, 0.2) is 4.99 Å². The number of ether oxygens (including phenoxy) is 1. The van der Waals surface area contributed by atoms with E-state index in [0.29, 0.717) is 12.5 Å². The average Bonchev–Trinajstić information content (AvgIpc) is 2.90. The summed E-state index contributed by atoms with van der Waals surface area (Å²) in [6.45, 7) is 13.7. The summed E-state index contributed by atoms with van der Waals surface area (Å²) in [5, 5.41) is 15.5. The van der Waals surface area contributed by atoms with Crippen molar-refractivity contribution in [3.05, 3.63) is 11.6 Å². The first kappa shape index (κ1) is 21.0. The van der Waals surface area contributed by atoms with Crippen LogP contribution in [0.4, 0.5) is 0 Å². The highest BCUT2D eigenvalue weighted by molar-refractivity contribution is 5.79. The second-order valence-electron chi connectivity index (χ2n) is 8.22. The summed E-state index contributed by atoms with van der Waals surface area (Å²) in [4.78, 5) is 7.24. The summed E-state index contributed by atoms with van der Waals surface area (Å²) >= 11 is 0. The number of rotatable bonds is 7. The largest absolute Gasteiger partial charge is 0.374 e. The molecule has 8 nitrogen and oxygen atoms in total. The molecule has 2 aliphatic rings. The fraction of sp³-hybridized carbons (Fsp3) is 0.850. The molecule has 1 aromatic heterocycles. The Bertz CT molecular complexity index is 628. The molecule has 28 heavy (non-hydrogen) atoms. The smallest absolute Gasteiger partial charge is 0.191 e. The van der Waals surface area contributed by atoms with Crippen LogP contribution in [0.1, 0.15) is 51.7 Å². The van der Waals surface area contributed by atoms with Gasteiger partial charge in [-0.25, -0.2) is 4.99 Å². The quantitative estimate of drug-likeness (QED) is 0.541. The van der Waals surface area contributed by atoms with Crippen molar-refractivity contribution in [2.75, 3.05) is 39.3 Å². The summed E-state index contributed by atoms with van der Waals surface area (Å²) in [6, 6.07) is 0. The van der Waals surface area contributed by atoms with Gasteiger partial charge in [0.1, 0.15) is 12.4 Å². The van der Waals surface area contributed by atoms with Crippen molar-refractivity contribution < 1.29 is 4.74 Å². The minimum Gasteiger partial charge on any atom is -0.374 e. The van der Waals surface area contributed by atoms with Gasteiger partial charge in [0.25, 0.3) is 0 Å². The molecule has 1 unspecified atom stereocenters. The third-order valence-corrected chi connectivity index (χ3v) is 5.25. The topological polar surface area (TPSA) is 79.6 Å². The minimum atomic E-state index is 0.195. The average molecular weight is 392 g/mol. The Morgan fingerprint density at radius 2 is 2.11 bits per heavy atom. The second-order valence-corrected chi connectivity index (χ2v) is 8.22. The molecule has 0 radical (unpaired) electrons. The Morgan fingerprint density at radius 1 is 1.21 bits per heavy atom. The van der Waals surface area contributed by atoms with Crippen LogP contribution >= 0.6 is 0 Å². The maximum atomic E-state index is 5.94. The monoisotopic (exact) mass is 391 g/mol. The van der Waals surface area contributed by atoms with Gasteiger partial charge >= 0.3 is 0 Å². The number of aromatic nitrogens is 3. The zero-order valence-corrected chi connectivity index (χ0v) is 17.8. The van der Waals surface area contributed by atoms with E-state index in [1.165, 1.54) is 19.3 Å². The lowest BCUT2D eigenvalue weighted by Crippen LogP contribution is -2.50. The molecule has 1 saturated heterocycles. The highest BCUT2D eigenvalue weighted by Crippen LogP contribution is 2.14. The van der Waals surface area contributed by atoms with Gasteiger partial charge in [0.15, 0.2) is 11.8 Å². The van der Waals surface area contributed by atoms with Crippen LogP contribution < -0.4 is 10.6 Å². The molecular weight excluding hydrogens is 354 g/mol. The Morgan fingerprint density at radius 3 is 2.93 bits per heavy atom. The molecular formula is C20H37N7O. The zero-order chi connectivity index (χ0) is 19.8. The van der Waals surface area contributed by atoms with Crippen molar-refractivity contribution >= 4 is 5.96 Å². The molecule has 3 rings (SSSR count). The lowest BCUT2D eigenvalue weighted by atomic mass is 10.2. The number of guanidine groups is 1. The van der Waals surface area contributed by atoms with E-state index in [1.807, 2.05) is 0 Å². The molecule has 2 N–H and O–H groups in total. The number of nitrogens with one attached hydrogen (secondary N) is 2. The van der Waals surface area contributed by atoms with Crippen LogP contribution in [0.2, 0.25) is 0 Å². The molecule has 158 valence electrons. The predicted octanol–water partition coefficient (Wildman–Crippen LogP) is 1.42. The summed E-state index contributed by atoms with van der Waals surface area (Å²) in [7, 11) is 0. The number of hydrogen-bond donors (Lipinski definition) is 2. The van der Waals surface area contributed by atoms with Crippen LogP contribution in [-0.2, 0) is 24.2 Å². The Labute approximate surface area is 169 Å². The molecule has 0 spiro atoms. The third-order valence-electron chi connectivity index (χ3n) is 5.25. The number of morpholine rings is 1. The first-order chi connectivity index (χ1) is 13.7. The van der Waals surface area contributed by atoms with E-state index in [4.69, 9.17) is 9.73 Å². The van der Waals surface area contributed by atoms with E-state index >= 15 is 0 Å². The van der Waals surface area contributed by atoms with Gasteiger partial charge in [-0.3, -0.25) is 4.90 Å². The molecule has 0 saturated carbocycles. The molecule has 8 heteroatoms. The maximum Gasteiger partial charge on any atom is 0.191 e. The number of nitrogens with zero attached hydrogens (tertiary/aromatic N) is 5. The van der Waals surface area contributed by atoms with Gasteiger partial charge in [-0.05, 0) is 25.7 Å². The van der Waals surface area contributed by atoms with Gasteiger partial charge in [-0.15, -0.1) is 10.2 Å². The van der Waals surface area contributed by atoms with Crippen LogP contribution in [-0.4, -0.2) is 71.1 Å². The van der Waals surface area contributed by atoms with E-state index in [9.17, 15) is 0 Å². The molecule has 0 aliphatic carbocycles. The first-order valence-electron chi connectivity index (χ1n) is 10.9. The predicted molar refractivity (Wildman–Crippen MR) is 111 cm³/mol. The van der Waals surface area contributed by atoms with Crippen molar-refractivity contribution in [2.45, 2.75) is 65.6 Å². The normalized spacial score (nSPS) is 21.4. The van der Waals surface area contributed by atoms with Crippen molar-refractivity contribution in [1.29, 1.82) is 0 Å². The molecule has 0 aromatic carbocycles. The summed E-state index contributed by atoms with van der Waals surface area (Å²) in [5.74, 6) is 3.58. The first-order valence-corrected chi connectivity index (χ1v) is 10.9.